The highest BCUT2D eigenvalue weighted by Crippen LogP contribution is 2.31. The lowest BCUT2D eigenvalue weighted by molar-refractivity contribution is -0.118. The van der Waals surface area contributed by atoms with E-state index in [0.29, 0.717) is 22.7 Å². The van der Waals surface area contributed by atoms with Gasteiger partial charge in [0.05, 0.1) is 11.4 Å². The highest BCUT2D eigenvalue weighted by Gasteiger charge is 2.19. The summed E-state index contributed by atoms with van der Waals surface area (Å²) in [5, 5.41) is 2.77. The van der Waals surface area contributed by atoms with E-state index in [1.54, 1.807) is 32.0 Å². The minimum Gasteiger partial charge on any atom is -0.483 e. The van der Waals surface area contributed by atoms with Gasteiger partial charge in [-0.2, -0.15) is 0 Å². The quantitative estimate of drug-likeness (QED) is 0.728. The van der Waals surface area contributed by atoms with E-state index < -0.39 is 10.0 Å². The summed E-state index contributed by atoms with van der Waals surface area (Å²) in [5.41, 5.74) is 2.73. The number of nitrogens with one attached hydrogen (secondary N) is 2. The number of anilines is 2. The molecule has 0 heterocycles. The first-order chi connectivity index (χ1) is 13.0. The Hall–Kier alpha value is -2.54. The molecule has 0 saturated heterocycles. The second-order valence-electron chi connectivity index (χ2n) is 7.62. The van der Waals surface area contributed by atoms with Crippen molar-refractivity contribution in [2.45, 2.75) is 40.0 Å². The van der Waals surface area contributed by atoms with Gasteiger partial charge in [0.1, 0.15) is 5.75 Å². The molecule has 2 N–H and O–H groups in total. The summed E-state index contributed by atoms with van der Waals surface area (Å²) in [6.45, 7) is 9.50. The maximum Gasteiger partial charge on any atom is 0.262 e. The van der Waals surface area contributed by atoms with Crippen molar-refractivity contribution < 1.29 is 17.9 Å². The monoisotopic (exact) mass is 404 g/mol. The van der Waals surface area contributed by atoms with Crippen molar-refractivity contribution >= 4 is 27.3 Å². The predicted molar refractivity (Wildman–Crippen MR) is 114 cm³/mol. The molecule has 28 heavy (non-hydrogen) atoms. The maximum atomic E-state index is 12.3. The summed E-state index contributed by atoms with van der Waals surface area (Å²) >= 11 is 0. The lowest BCUT2D eigenvalue weighted by Gasteiger charge is -2.22. The molecule has 6 nitrogen and oxygen atoms in total. The molecule has 152 valence electrons. The highest BCUT2D eigenvalue weighted by atomic mass is 32.2. The molecule has 0 unspecified atom stereocenters. The molecule has 0 atom stereocenters. The van der Waals surface area contributed by atoms with E-state index in [1.807, 2.05) is 24.3 Å². The van der Waals surface area contributed by atoms with Crippen molar-refractivity contribution in [3.8, 4) is 5.75 Å². The first-order valence-corrected chi connectivity index (χ1v) is 10.8. The van der Waals surface area contributed by atoms with Crippen LogP contribution in [-0.2, 0) is 20.2 Å². The summed E-state index contributed by atoms with van der Waals surface area (Å²) in [7, 11) is -3.34. The average Bonchev–Trinajstić information content (AvgIpc) is 2.62. The van der Waals surface area contributed by atoms with Crippen LogP contribution in [0.3, 0.4) is 0 Å². The van der Waals surface area contributed by atoms with Crippen LogP contribution < -0.4 is 14.8 Å². The van der Waals surface area contributed by atoms with Crippen LogP contribution in [0.1, 0.15) is 38.8 Å². The topological polar surface area (TPSA) is 84.5 Å². The Morgan fingerprint density at radius 1 is 1.11 bits per heavy atom. The summed E-state index contributed by atoms with van der Waals surface area (Å²) in [5.74, 6) is 0.397. The average molecular weight is 405 g/mol. The third-order valence-electron chi connectivity index (χ3n) is 4.21. The first kappa shape index (κ1) is 21.8. The molecule has 0 aliphatic heterocycles. The number of hydrogen-bond donors (Lipinski definition) is 2. The SMILES string of the molecule is CCS(=O)(=O)Nc1ccc(NC(=O)COc2ccccc2C(C)(C)C)cc1C. The molecule has 2 aromatic rings. The van der Waals surface area contributed by atoms with Crippen LogP contribution in [-0.4, -0.2) is 26.7 Å². The molecular weight excluding hydrogens is 376 g/mol. The zero-order valence-electron chi connectivity index (χ0n) is 17.0. The summed E-state index contributed by atoms with van der Waals surface area (Å²) in [6, 6.07) is 12.7. The van der Waals surface area contributed by atoms with Crippen LogP contribution >= 0.6 is 0 Å². The zero-order chi connectivity index (χ0) is 20.9. The van der Waals surface area contributed by atoms with E-state index >= 15 is 0 Å². The molecule has 2 aromatic carbocycles. The van der Waals surface area contributed by atoms with Crippen LogP contribution in [0, 0.1) is 6.92 Å². The number of rotatable bonds is 7. The molecule has 0 aliphatic carbocycles. The predicted octanol–water partition coefficient (Wildman–Crippen LogP) is 4.07. The van der Waals surface area contributed by atoms with E-state index in [4.69, 9.17) is 4.74 Å². The lowest BCUT2D eigenvalue weighted by Crippen LogP contribution is -2.22. The van der Waals surface area contributed by atoms with Gasteiger partial charge in [0.25, 0.3) is 5.91 Å². The molecular formula is C21H28N2O4S. The van der Waals surface area contributed by atoms with E-state index in [-0.39, 0.29) is 23.7 Å². The van der Waals surface area contributed by atoms with Crippen molar-refractivity contribution in [3.63, 3.8) is 0 Å². The van der Waals surface area contributed by atoms with Gasteiger partial charge < -0.3 is 10.1 Å². The standard InChI is InChI=1S/C21H28N2O4S/c1-6-28(25,26)23-18-12-11-16(13-15(18)2)22-20(24)14-27-19-10-8-7-9-17(19)21(3,4)5/h7-13,23H,6,14H2,1-5H3,(H,22,24). The number of benzene rings is 2. The molecule has 7 heteroatoms. The second-order valence-corrected chi connectivity index (χ2v) is 9.63. The molecule has 2 rings (SSSR count). The lowest BCUT2D eigenvalue weighted by atomic mass is 9.86. The van der Waals surface area contributed by atoms with Crippen LogP contribution in [0.2, 0.25) is 0 Å². The van der Waals surface area contributed by atoms with Gasteiger partial charge in [-0.25, -0.2) is 8.42 Å². The fraction of sp³-hybridized carbons (Fsp3) is 0.381. The molecule has 0 aliphatic rings. The summed E-state index contributed by atoms with van der Waals surface area (Å²) in [4.78, 5) is 12.3. The van der Waals surface area contributed by atoms with Crippen molar-refractivity contribution in [2.75, 3.05) is 22.4 Å². The molecule has 0 aromatic heterocycles. The smallest absolute Gasteiger partial charge is 0.262 e. The van der Waals surface area contributed by atoms with Crippen LogP contribution in [0.15, 0.2) is 42.5 Å². The Labute approximate surface area is 167 Å². The van der Waals surface area contributed by atoms with E-state index in [0.717, 1.165) is 5.56 Å². The fourth-order valence-electron chi connectivity index (χ4n) is 2.65. The number of carbonyl (C=O) groups is 1. The number of para-hydroxylation sites is 1. The minimum absolute atomic E-state index is 0.00168. The molecule has 0 radical (unpaired) electrons. The number of hydrogen-bond acceptors (Lipinski definition) is 4. The van der Waals surface area contributed by atoms with Crippen LogP contribution in [0.5, 0.6) is 5.75 Å². The number of ether oxygens (including phenoxy) is 1. The van der Waals surface area contributed by atoms with Crippen LogP contribution in [0.4, 0.5) is 11.4 Å². The minimum atomic E-state index is -3.34. The van der Waals surface area contributed by atoms with Crippen molar-refractivity contribution in [1.29, 1.82) is 0 Å². The van der Waals surface area contributed by atoms with E-state index in [2.05, 4.69) is 30.8 Å². The van der Waals surface area contributed by atoms with Gasteiger partial charge in [0.2, 0.25) is 10.0 Å². The Balaban J connectivity index is 2.02. The summed E-state index contributed by atoms with van der Waals surface area (Å²) in [6.07, 6.45) is 0. The number of amides is 1. The van der Waals surface area contributed by atoms with E-state index in [9.17, 15) is 13.2 Å². The maximum absolute atomic E-state index is 12.3. The van der Waals surface area contributed by atoms with Crippen molar-refractivity contribution in [2.24, 2.45) is 0 Å². The largest absolute Gasteiger partial charge is 0.483 e. The third kappa shape index (κ3) is 5.99. The van der Waals surface area contributed by atoms with E-state index in [1.165, 1.54) is 0 Å². The molecule has 0 fully saturated rings. The Kier molecular flexibility index (Phi) is 6.72. The zero-order valence-corrected chi connectivity index (χ0v) is 17.8. The summed E-state index contributed by atoms with van der Waals surface area (Å²) < 4.78 is 31.7. The van der Waals surface area contributed by atoms with Gasteiger partial charge in [0.15, 0.2) is 6.61 Å². The molecule has 0 spiro atoms. The number of sulfonamides is 1. The van der Waals surface area contributed by atoms with Gasteiger partial charge in [-0.05, 0) is 54.7 Å². The third-order valence-corrected chi connectivity index (χ3v) is 5.50. The van der Waals surface area contributed by atoms with Gasteiger partial charge in [-0.15, -0.1) is 0 Å². The second kappa shape index (κ2) is 8.65. The van der Waals surface area contributed by atoms with Crippen molar-refractivity contribution in [1.82, 2.24) is 0 Å². The van der Waals surface area contributed by atoms with Gasteiger partial charge in [-0.3, -0.25) is 9.52 Å². The first-order valence-electron chi connectivity index (χ1n) is 9.15. The molecule has 0 saturated carbocycles. The Bertz CT molecular complexity index is 947. The van der Waals surface area contributed by atoms with Gasteiger partial charge in [-0.1, -0.05) is 39.0 Å². The Morgan fingerprint density at radius 3 is 2.39 bits per heavy atom. The van der Waals surface area contributed by atoms with Gasteiger partial charge >= 0.3 is 0 Å². The number of carbonyl (C=O) groups excluding carboxylic acids is 1. The molecule has 1 amide bonds. The Morgan fingerprint density at radius 2 is 1.79 bits per heavy atom. The van der Waals surface area contributed by atoms with Crippen LogP contribution in [0.25, 0.3) is 0 Å². The van der Waals surface area contributed by atoms with Crippen molar-refractivity contribution in [3.05, 3.63) is 53.6 Å². The normalized spacial score (nSPS) is 11.8. The highest BCUT2D eigenvalue weighted by molar-refractivity contribution is 7.92. The molecule has 0 bridgehead atoms. The van der Waals surface area contributed by atoms with Gasteiger partial charge in [0, 0.05) is 5.69 Å². The number of aryl methyl sites for hydroxylation is 1. The fourth-order valence-corrected chi connectivity index (χ4v) is 3.36.